The van der Waals surface area contributed by atoms with Crippen molar-refractivity contribution in [3.63, 3.8) is 0 Å². The summed E-state index contributed by atoms with van der Waals surface area (Å²) in [4.78, 5) is 25.2. The van der Waals surface area contributed by atoms with Gasteiger partial charge in [-0.25, -0.2) is 0 Å². The molecule has 2 aliphatic rings. The molecule has 96 valence electrons. The van der Waals surface area contributed by atoms with E-state index in [9.17, 15) is 9.59 Å². The summed E-state index contributed by atoms with van der Waals surface area (Å²) in [7, 11) is 0. The quantitative estimate of drug-likeness (QED) is 0.754. The van der Waals surface area contributed by atoms with E-state index in [0.717, 1.165) is 13.0 Å². The fraction of sp³-hybridized carbons (Fsp3) is 0.846. The lowest BCUT2D eigenvalue weighted by molar-refractivity contribution is -0.140. The van der Waals surface area contributed by atoms with Crippen molar-refractivity contribution >= 4 is 11.8 Å². The number of carbonyl (C=O) groups is 2. The number of imide groups is 1. The van der Waals surface area contributed by atoms with Gasteiger partial charge in [-0.3, -0.25) is 14.5 Å². The first kappa shape index (κ1) is 12.6. The van der Waals surface area contributed by atoms with Gasteiger partial charge >= 0.3 is 0 Å². The molecule has 0 saturated carbocycles. The van der Waals surface area contributed by atoms with E-state index in [0.29, 0.717) is 19.0 Å². The normalized spacial score (nSPS) is 28.8. The monoisotopic (exact) mass is 238 g/mol. The van der Waals surface area contributed by atoms with E-state index in [2.05, 4.69) is 5.32 Å². The Morgan fingerprint density at radius 2 is 2.12 bits per heavy atom. The van der Waals surface area contributed by atoms with Crippen LogP contribution in [-0.2, 0) is 9.59 Å². The van der Waals surface area contributed by atoms with Gasteiger partial charge in [0.2, 0.25) is 11.8 Å². The van der Waals surface area contributed by atoms with Gasteiger partial charge in [0.25, 0.3) is 0 Å². The molecule has 4 nitrogen and oxygen atoms in total. The average molecular weight is 238 g/mol. The van der Waals surface area contributed by atoms with Crippen molar-refractivity contribution < 1.29 is 9.59 Å². The van der Waals surface area contributed by atoms with Gasteiger partial charge in [0.05, 0.1) is 5.41 Å². The highest BCUT2D eigenvalue weighted by molar-refractivity contribution is 6.05. The van der Waals surface area contributed by atoms with E-state index in [1.807, 2.05) is 13.8 Å². The molecule has 0 aromatic rings. The maximum atomic E-state index is 12.0. The second-order valence-electron chi connectivity index (χ2n) is 5.85. The third-order valence-electron chi connectivity index (χ3n) is 3.83. The van der Waals surface area contributed by atoms with Crippen LogP contribution in [0, 0.1) is 5.41 Å². The molecule has 0 spiro atoms. The van der Waals surface area contributed by atoms with Gasteiger partial charge in [0.1, 0.15) is 0 Å². The lowest BCUT2D eigenvalue weighted by Gasteiger charge is -2.25. The highest BCUT2D eigenvalue weighted by Gasteiger charge is 2.44. The number of piperidine rings is 1. The Hall–Kier alpha value is -0.900. The predicted octanol–water partition coefficient (Wildman–Crippen LogP) is 1.30. The van der Waals surface area contributed by atoms with Gasteiger partial charge in [-0.15, -0.1) is 0 Å². The summed E-state index contributed by atoms with van der Waals surface area (Å²) in [5, 5.41) is 3.44. The number of hydrogen-bond acceptors (Lipinski definition) is 3. The summed E-state index contributed by atoms with van der Waals surface area (Å²) in [6.07, 6.45) is 4.92. The molecule has 0 bridgehead atoms. The number of nitrogens with one attached hydrogen (secondary N) is 1. The van der Waals surface area contributed by atoms with Crippen LogP contribution in [0.5, 0.6) is 0 Å². The summed E-state index contributed by atoms with van der Waals surface area (Å²) in [5.74, 6) is -0.00545. The van der Waals surface area contributed by atoms with E-state index in [1.54, 1.807) is 0 Å². The average Bonchev–Trinajstić information content (AvgIpc) is 2.48. The van der Waals surface area contributed by atoms with Crippen molar-refractivity contribution in [1.29, 1.82) is 0 Å². The molecule has 2 heterocycles. The minimum absolute atomic E-state index is 0.00157. The molecule has 2 amide bonds. The van der Waals surface area contributed by atoms with E-state index in [-0.39, 0.29) is 11.8 Å². The molecule has 2 aliphatic heterocycles. The molecule has 1 N–H and O–H groups in total. The predicted molar refractivity (Wildman–Crippen MR) is 65.4 cm³/mol. The Morgan fingerprint density at radius 1 is 1.35 bits per heavy atom. The van der Waals surface area contributed by atoms with Crippen LogP contribution in [0.3, 0.4) is 0 Å². The minimum atomic E-state index is -0.489. The molecule has 0 aromatic carbocycles. The fourth-order valence-corrected chi connectivity index (χ4v) is 2.71. The first-order chi connectivity index (χ1) is 8.00. The molecule has 4 heteroatoms. The summed E-state index contributed by atoms with van der Waals surface area (Å²) in [6, 6.07) is 0.480. The van der Waals surface area contributed by atoms with Crippen molar-refractivity contribution in [3.05, 3.63) is 0 Å². The Balaban J connectivity index is 1.86. The Bertz CT molecular complexity index is 319. The third kappa shape index (κ3) is 2.68. The molecule has 1 atom stereocenters. The maximum absolute atomic E-state index is 12.0. The first-order valence-electron chi connectivity index (χ1n) is 6.59. The zero-order valence-electron chi connectivity index (χ0n) is 10.8. The summed E-state index contributed by atoms with van der Waals surface area (Å²) in [5.41, 5.74) is -0.489. The number of nitrogens with zero attached hydrogens (tertiary/aromatic N) is 1. The van der Waals surface area contributed by atoms with Crippen molar-refractivity contribution in [2.24, 2.45) is 5.41 Å². The zero-order valence-corrected chi connectivity index (χ0v) is 10.8. The van der Waals surface area contributed by atoms with Crippen LogP contribution < -0.4 is 5.32 Å². The smallest absolute Gasteiger partial charge is 0.235 e. The van der Waals surface area contributed by atoms with Crippen LogP contribution in [-0.4, -0.2) is 35.8 Å². The SMILES string of the molecule is CC1(C)CC(=O)N(CCC2CCCCN2)C1=O. The van der Waals surface area contributed by atoms with Gasteiger partial charge < -0.3 is 5.32 Å². The second-order valence-corrected chi connectivity index (χ2v) is 5.85. The standard InChI is InChI=1S/C13H22N2O2/c1-13(2)9-11(16)15(12(13)17)8-6-10-5-3-4-7-14-10/h10,14H,3-9H2,1-2H3. The minimum Gasteiger partial charge on any atom is -0.314 e. The summed E-state index contributed by atoms with van der Waals surface area (Å²) < 4.78 is 0. The van der Waals surface area contributed by atoms with Crippen LogP contribution in [0.25, 0.3) is 0 Å². The van der Waals surface area contributed by atoms with Gasteiger partial charge in [-0.05, 0) is 25.8 Å². The van der Waals surface area contributed by atoms with Crippen LogP contribution in [0.1, 0.15) is 46.0 Å². The van der Waals surface area contributed by atoms with E-state index in [1.165, 1.54) is 24.2 Å². The Morgan fingerprint density at radius 3 is 2.65 bits per heavy atom. The van der Waals surface area contributed by atoms with Crippen LogP contribution in [0.15, 0.2) is 0 Å². The molecule has 2 rings (SSSR count). The van der Waals surface area contributed by atoms with Gasteiger partial charge in [0, 0.05) is 19.0 Å². The number of amides is 2. The zero-order chi connectivity index (χ0) is 12.5. The highest BCUT2D eigenvalue weighted by atomic mass is 16.2. The first-order valence-corrected chi connectivity index (χ1v) is 6.59. The van der Waals surface area contributed by atoms with Crippen molar-refractivity contribution in [2.45, 2.75) is 52.0 Å². The molecule has 17 heavy (non-hydrogen) atoms. The maximum Gasteiger partial charge on any atom is 0.235 e. The van der Waals surface area contributed by atoms with E-state index < -0.39 is 5.41 Å². The Kier molecular flexibility index (Phi) is 3.52. The lowest BCUT2D eigenvalue weighted by atomic mass is 9.92. The number of hydrogen-bond donors (Lipinski definition) is 1. The topological polar surface area (TPSA) is 49.4 Å². The second kappa shape index (κ2) is 4.77. The van der Waals surface area contributed by atoms with Crippen LogP contribution >= 0.6 is 0 Å². The molecule has 0 aromatic heterocycles. The molecular weight excluding hydrogens is 216 g/mol. The number of rotatable bonds is 3. The number of carbonyl (C=O) groups excluding carboxylic acids is 2. The largest absolute Gasteiger partial charge is 0.314 e. The summed E-state index contributed by atoms with van der Waals surface area (Å²) in [6.45, 7) is 5.36. The van der Waals surface area contributed by atoms with Crippen molar-refractivity contribution in [3.8, 4) is 0 Å². The highest BCUT2D eigenvalue weighted by Crippen LogP contribution is 2.31. The molecule has 0 aliphatic carbocycles. The number of likely N-dealkylation sites (tertiary alicyclic amines) is 1. The third-order valence-corrected chi connectivity index (χ3v) is 3.83. The molecule has 0 radical (unpaired) electrons. The van der Waals surface area contributed by atoms with Crippen LogP contribution in [0.2, 0.25) is 0 Å². The summed E-state index contributed by atoms with van der Waals surface area (Å²) >= 11 is 0. The van der Waals surface area contributed by atoms with E-state index in [4.69, 9.17) is 0 Å². The molecular formula is C13H22N2O2. The van der Waals surface area contributed by atoms with Crippen molar-refractivity contribution in [2.75, 3.05) is 13.1 Å². The van der Waals surface area contributed by atoms with Gasteiger partial charge in [0.15, 0.2) is 0 Å². The van der Waals surface area contributed by atoms with Gasteiger partial charge in [-0.2, -0.15) is 0 Å². The molecule has 1 unspecified atom stereocenters. The van der Waals surface area contributed by atoms with Gasteiger partial charge in [-0.1, -0.05) is 20.3 Å². The molecule has 2 saturated heterocycles. The lowest BCUT2D eigenvalue weighted by Crippen LogP contribution is -2.40. The Labute approximate surface area is 103 Å². The van der Waals surface area contributed by atoms with Crippen LogP contribution in [0.4, 0.5) is 0 Å². The fourth-order valence-electron chi connectivity index (χ4n) is 2.71. The van der Waals surface area contributed by atoms with E-state index >= 15 is 0 Å². The van der Waals surface area contributed by atoms with Crippen molar-refractivity contribution in [1.82, 2.24) is 10.2 Å². The molecule has 2 fully saturated rings.